The molecule has 0 saturated carbocycles. The van der Waals surface area contributed by atoms with Crippen molar-refractivity contribution < 1.29 is 38.0 Å². The lowest BCUT2D eigenvalue weighted by atomic mass is 9.83. The molecule has 8 nitrogen and oxygen atoms in total. The van der Waals surface area contributed by atoms with E-state index in [4.69, 9.17) is 28.4 Å². The molecule has 0 aliphatic heterocycles. The molecule has 0 aliphatic rings. The fourth-order valence-corrected chi connectivity index (χ4v) is 4.36. The van der Waals surface area contributed by atoms with Gasteiger partial charge in [-0.3, -0.25) is 0 Å². The highest BCUT2D eigenvalue weighted by Gasteiger charge is 2.31. The summed E-state index contributed by atoms with van der Waals surface area (Å²) in [5.41, 5.74) is 2.39. The monoisotopic (exact) mass is 560 g/mol. The van der Waals surface area contributed by atoms with Crippen LogP contribution in [0.1, 0.15) is 50.3 Å². The van der Waals surface area contributed by atoms with E-state index in [1.54, 1.807) is 12.1 Å². The van der Waals surface area contributed by atoms with Crippen molar-refractivity contribution in [1.29, 1.82) is 0 Å². The summed E-state index contributed by atoms with van der Waals surface area (Å²) in [5, 5.41) is 0. The number of ether oxygens (including phenoxy) is 6. The van der Waals surface area contributed by atoms with E-state index in [1.165, 1.54) is 0 Å². The molecule has 0 bridgehead atoms. The molecule has 0 aliphatic carbocycles. The smallest absolute Gasteiger partial charge is 0.335 e. The average molecular weight is 561 g/mol. The molecular formula is C33H36O8. The summed E-state index contributed by atoms with van der Waals surface area (Å²) in [4.78, 5) is 24.2. The Kier molecular flexibility index (Phi) is 11.4. The standard InChI is InChI=1S/C33H36O8/c1-7-27(34)40-25-20-18-23(30(36-9-3)32(25)38-11-5)29(22-16-14-13-15-17-22)24-19-21-26(41-28(35)8-2)33(39-12-6)31(24)37-10-4/h7-8,13-21,29H,1-2,9-12H2,3-6H3. The van der Waals surface area contributed by atoms with Crippen LogP contribution in [0.3, 0.4) is 0 Å². The van der Waals surface area contributed by atoms with Crippen molar-refractivity contribution in [3.05, 3.63) is 96.6 Å². The van der Waals surface area contributed by atoms with Crippen molar-refractivity contribution >= 4 is 11.9 Å². The molecule has 0 radical (unpaired) electrons. The zero-order valence-corrected chi connectivity index (χ0v) is 23.9. The topological polar surface area (TPSA) is 89.5 Å². The third-order valence-corrected chi connectivity index (χ3v) is 5.88. The van der Waals surface area contributed by atoms with Crippen LogP contribution in [0, 0.1) is 0 Å². The number of esters is 2. The van der Waals surface area contributed by atoms with Crippen molar-refractivity contribution in [2.24, 2.45) is 0 Å². The van der Waals surface area contributed by atoms with Gasteiger partial charge in [-0.05, 0) is 45.4 Å². The molecule has 0 atom stereocenters. The molecule has 3 aromatic rings. The molecule has 0 heterocycles. The minimum absolute atomic E-state index is 0.211. The third kappa shape index (κ3) is 7.28. The molecule has 3 aromatic carbocycles. The molecule has 0 N–H and O–H groups in total. The van der Waals surface area contributed by atoms with E-state index in [0.29, 0.717) is 49.4 Å². The largest absolute Gasteiger partial charge is 0.490 e. The van der Waals surface area contributed by atoms with Gasteiger partial charge in [0, 0.05) is 29.2 Å². The van der Waals surface area contributed by atoms with Gasteiger partial charge in [-0.1, -0.05) is 55.6 Å². The molecule has 0 spiro atoms. The molecule has 0 amide bonds. The Labute approximate surface area is 241 Å². The van der Waals surface area contributed by atoms with Crippen LogP contribution in [0.15, 0.2) is 79.9 Å². The van der Waals surface area contributed by atoms with E-state index in [1.807, 2.05) is 70.2 Å². The van der Waals surface area contributed by atoms with E-state index in [0.717, 1.165) is 28.8 Å². The van der Waals surface area contributed by atoms with Gasteiger partial charge in [0.15, 0.2) is 23.0 Å². The lowest BCUT2D eigenvalue weighted by Gasteiger charge is -2.27. The maximum Gasteiger partial charge on any atom is 0.335 e. The summed E-state index contributed by atoms with van der Waals surface area (Å²) in [7, 11) is 0. The molecular weight excluding hydrogens is 524 g/mol. The van der Waals surface area contributed by atoms with Gasteiger partial charge in [0.1, 0.15) is 0 Å². The SMILES string of the molecule is C=CC(=O)Oc1ccc(C(c2ccccc2)c2ccc(OC(=O)C=C)c(OCC)c2OCC)c(OCC)c1OCC. The number of hydrogen-bond acceptors (Lipinski definition) is 8. The van der Waals surface area contributed by atoms with Crippen LogP contribution in [-0.2, 0) is 9.59 Å². The number of rotatable bonds is 15. The van der Waals surface area contributed by atoms with E-state index in [2.05, 4.69) is 13.2 Å². The highest BCUT2D eigenvalue weighted by Crippen LogP contribution is 2.51. The summed E-state index contributed by atoms with van der Waals surface area (Å²) in [6, 6.07) is 16.8. The summed E-state index contributed by atoms with van der Waals surface area (Å²) >= 11 is 0. The number of hydrogen-bond donors (Lipinski definition) is 0. The summed E-state index contributed by atoms with van der Waals surface area (Å²) < 4.78 is 35.3. The number of carbonyl (C=O) groups excluding carboxylic acids is 2. The molecule has 8 heteroatoms. The molecule has 0 unspecified atom stereocenters. The maximum absolute atomic E-state index is 12.1. The van der Waals surface area contributed by atoms with E-state index in [9.17, 15) is 9.59 Å². The summed E-state index contributed by atoms with van der Waals surface area (Å²) in [6.07, 6.45) is 2.17. The first-order valence-corrected chi connectivity index (χ1v) is 13.5. The molecule has 0 saturated heterocycles. The third-order valence-electron chi connectivity index (χ3n) is 5.88. The van der Waals surface area contributed by atoms with E-state index in [-0.39, 0.29) is 11.5 Å². The van der Waals surface area contributed by atoms with Crippen LogP contribution in [0.4, 0.5) is 0 Å². The fraction of sp³-hybridized carbons (Fsp3) is 0.273. The first-order valence-electron chi connectivity index (χ1n) is 13.5. The van der Waals surface area contributed by atoms with E-state index >= 15 is 0 Å². The minimum Gasteiger partial charge on any atom is -0.490 e. The normalized spacial score (nSPS) is 10.5. The van der Waals surface area contributed by atoms with Crippen LogP contribution >= 0.6 is 0 Å². The first-order chi connectivity index (χ1) is 19.9. The molecule has 3 rings (SSSR count). The highest BCUT2D eigenvalue weighted by atomic mass is 16.6. The van der Waals surface area contributed by atoms with Crippen molar-refractivity contribution in [1.82, 2.24) is 0 Å². The van der Waals surface area contributed by atoms with Crippen LogP contribution in [0.2, 0.25) is 0 Å². The molecule has 0 fully saturated rings. The average Bonchev–Trinajstić information content (AvgIpc) is 2.98. The Balaban J connectivity index is 2.39. The second kappa shape index (κ2) is 15.2. The van der Waals surface area contributed by atoms with E-state index < -0.39 is 17.9 Å². The highest BCUT2D eigenvalue weighted by molar-refractivity contribution is 5.85. The van der Waals surface area contributed by atoms with Crippen molar-refractivity contribution in [3.63, 3.8) is 0 Å². The fourth-order valence-electron chi connectivity index (χ4n) is 4.36. The maximum atomic E-state index is 12.1. The van der Waals surface area contributed by atoms with Crippen molar-refractivity contribution in [2.45, 2.75) is 33.6 Å². The van der Waals surface area contributed by atoms with Gasteiger partial charge >= 0.3 is 11.9 Å². The van der Waals surface area contributed by atoms with Gasteiger partial charge in [0.25, 0.3) is 0 Å². The Bertz CT molecular complexity index is 1280. The van der Waals surface area contributed by atoms with Crippen LogP contribution in [-0.4, -0.2) is 38.4 Å². The molecule has 41 heavy (non-hydrogen) atoms. The van der Waals surface area contributed by atoms with Crippen LogP contribution in [0.5, 0.6) is 34.5 Å². The zero-order chi connectivity index (χ0) is 29.8. The van der Waals surface area contributed by atoms with Crippen molar-refractivity contribution in [2.75, 3.05) is 26.4 Å². The van der Waals surface area contributed by atoms with Gasteiger partial charge in [-0.25, -0.2) is 9.59 Å². The minimum atomic E-state index is -0.620. The quantitative estimate of drug-likeness (QED) is 0.0884. The Morgan fingerprint density at radius 2 is 1.00 bits per heavy atom. The van der Waals surface area contributed by atoms with Crippen molar-refractivity contribution in [3.8, 4) is 34.5 Å². The van der Waals surface area contributed by atoms with Gasteiger partial charge in [0.05, 0.1) is 26.4 Å². The second-order valence-corrected chi connectivity index (χ2v) is 8.45. The zero-order valence-electron chi connectivity index (χ0n) is 23.9. The summed E-state index contributed by atoms with van der Waals surface area (Å²) in [5.74, 6) is 0.150. The Morgan fingerprint density at radius 1 is 0.610 bits per heavy atom. The van der Waals surface area contributed by atoms with Gasteiger partial charge in [-0.15, -0.1) is 0 Å². The van der Waals surface area contributed by atoms with Gasteiger partial charge in [0.2, 0.25) is 11.5 Å². The second-order valence-electron chi connectivity index (χ2n) is 8.45. The lowest BCUT2D eigenvalue weighted by Crippen LogP contribution is -2.13. The van der Waals surface area contributed by atoms with Crippen LogP contribution in [0.25, 0.3) is 0 Å². The number of carbonyl (C=O) groups is 2. The van der Waals surface area contributed by atoms with Crippen LogP contribution < -0.4 is 28.4 Å². The first kappa shape index (κ1) is 30.8. The van der Waals surface area contributed by atoms with Gasteiger partial charge in [-0.2, -0.15) is 0 Å². The van der Waals surface area contributed by atoms with Gasteiger partial charge < -0.3 is 28.4 Å². The predicted molar refractivity (Wildman–Crippen MR) is 157 cm³/mol. The number of benzene rings is 3. The molecule has 0 aromatic heterocycles. The lowest BCUT2D eigenvalue weighted by molar-refractivity contribution is -0.130. The molecule has 216 valence electrons. The Morgan fingerprint density at radius 3 is 1.37 bits per heavy atom. The predicted octanol–water partition coefficient (Wildman–Crippen LogP) is 6.64. The Hall–Kier alpha value is -4.72. The summed E-state index contributed by atoms with van der Waals surface area (Å²) in [6.45, 7) is 15.6.